The summed E-state index contributed by atoms with van der Waals surface area (Å²) in [4.78, 5) is 14.0. The van der Waals surface area contributed by atoms with E-state index in [-0.39, 0.29) is 10.2 Å². The Bertz CT molecular complexity index is 648. The number of hydrogen-bond acceptors (Lipinski definition) is 3. The molecule has 0 aliphatic heterocycles. The van der Waals surface area contributed by atoms with E-state index in [9.17, 15) is 10.1 Å². The maximum Gasteiger partial charge on any atom is 0.325 e. The average Bonchev–Trinajstić information content (AvgIpc) is 2.21. The minimum atomic E-state index is -0.674. The molecule has 0 unspecified atom stereocenters. The van der Waals surface area contributed by atoms with Crippen LogP contribution in [0.2, 0.25) is 15.2 Å². The van der Waals surface area contributed by atoms with Crippen LogP contribution in [-0.2, 0) is 0 Å². The van der Waals surface area contributed by atoms with Crippen LogP contribution in [0.4, 0.5) is 5.69 Å². The Balaban J connectivity index is 2.92. The summed E-state index contributed by atoms with van der Waals surface area (Å²) in [5.74, 6) is 0. The zero-order valence-corrected chi connectivity index (χ0v) is 11.7. The van der Waals surface area contributed by atoms with Crippen molar-refractivity contribution in [1.82, 2.24) is 4.98 Å². The van der Waals surface area contributed by atoms with Gasteiger partial charge in [-0.1, -0.05) is 34.8 Å². The first-order chi connectivity index (χ1) is 7.91. The number of nitro groups is 1. The molecule has 0 aliphatic rings. The molecule has 8 heteroatoms. The average molecular weight is 356 g/mol. The molecule has 0 aliphatic carbocycles. The minimum absolute atomic E-state index is 0.0700. The number of aromatic nitrogens is 1. The highest BCUT2D eigenvalue weighted by atomic mass is 79.9. The van der Waals surface area contributed by atoms with Gasteiger partial charge in [0.05, 0.1) is 15.5 Å². The fraction of sp³-hybridized carbons (Fsp3) is 0. The lowest BCUT2D eigenvalue weighted by Gasteiger charge is -2.04. The highest BCUT2D eigenvalue weighted by molar-refractivity contribution is 9.10. The van der Waals surface area contributed by atoms with Crippen LogP contribution in [-0.4, -0.2) is 9.91 Å². The van der Waals surface area contributed by atoms with Gasteiger partial charge in [0.15, 0.2) is 0 Å². The van der Waals surface area contributed by atoms with E-state index in [4.69, 9.17) is 34.8 Å². The number of hydrogen-bond donors (Lipinski definition) is 0. The van der Waals surface area contributed by atoms with Crippen molar-refractivity contribution in [2.45, 2.75) is 0 Å². The molecule has 0 fully saturated rings. The van der Waals surface area contributed by atoms with Crippen LogP contribution >= 0.6 is 50.7 Å². The molecule has 1 aromatic carbocycles. The lowest BCUT2D eigenvalue weighted by Crippen LogP contribution is -1.94. The van der Waals surface area contributed by atoms with E-state index < -0.39 is 10.6 Å². The lowest BCUT2D eigenvalue weighted by atomic mass is 10.2. The zero-order chi connectivity index (χ0) is 12.7. The van der Waals surface area contributed by atoms with Crippen molar-refractivity contribution in [3.63, 3.8) is 0 Å². The van der Waals surface area contributed by atoms with Crippen molar-refractivity contribution in [2.75, 3.05) is 0 Å². The van der Waals surface area contributed by atoms with Crippen LogP contribution < -0.4 is 0 Å². The monoisotopic (exact) mass is 354 g/mol. The number of nitrogens with zero attached hydrogens (tertiary/aromatic N) is 2. The summed E-state index contributed by atoms with van der Waals surface area (Å²) < 4.78 is 0.611. The second-order valence-corrected chi connectivity index (χ2v) is 5.10. The molecule has 0 saturated heterocycles. The summed E-state index contributed by atoms with van der Waals surface area (Å²) in [5, 5.41) is 11.2. The topological polar surface area (TPSA) is 56.0 Å². The van der Waals surface area contributed by atoms with Crippen LogP contribution in [0.3, 0.4) is 0 Å². The maximum absolute atomic E-state index is 10.8. The number of rotatable bonds is 1. The number of fused-ring (bicyclic) bond motifs is 1. The molecule has 0 radical (unpaired) electrons. The molecule has 2 aromatic rings. The van der Waals surface area contributed by atoms with Crippen molar-refractivity contribution in [3.8, 4) is 0 Å². The minimum Gasteiger partial charge on any atom is -0.258 e. The van der Waals surface area contributed by atoms with Gasteiger partial charge in [-0.15, -0.1) is 0 Å². The Kier molecular flexibility index (Phi) is 3.45. The molecule has 1 aromatic heterocycles. The Morgan fingerprint density at radius 2 is 1.94 bits per heavy atom. The predicted octanol–water partition coefficient (Wildman–Crippen LogP) is 4.87. The van der Waals surface area contributed by atoms with Gasteiger partial charge in [0.2, 0.25) is 5.15 Å². The SMILES string of the molecule is O=[N+]([O-])c1c(Cl)nc2cc(Br)c(Cl)cc2c1Cl. The van der Waals surface area contributed by atoms with Gasteiger partial charge < -0.3 is 0 Å². The number of halogens is 4. The molecule has 2 rings (SSSR count). The van der Waals surface area contributed by atoms with E-state index in [1.807, 2.05) is 0 Å². The maximum atomic E-state index is 10.8. The fourth-order valence-corrected chi connectivity index (χ4v) is 2.44. The highest BCUT2D eigenvalue weighted by Crippen LogP contribution is 2.39. The standard InChI is InChI=1S/C9H2BrCl3N2O2/c10-4-2-6-3(1-5(4)11)7(12)8(15(16)17)9(13)14-6/h1-2H. The fourth-order valence-electron chi connectivity index (χ4n) is 1.34. The van der Waals surface area contributed by atoms with Crippen molar-refractivity contribution < 1.29 is 4.92 Å². The molecular formula is C9H2BrCl3N2O2. The quantitative estimate of drug-likeness (QED) is 0.416. The normalized spacial score (nSPS) is 10.8. The van der Waals surface area contributed by atoms with Gasteiger partial charge in [-0.2, -0.15) is 0 Å². The van der Waals surface area contributed by atoms with Gasteiger partial charge >= 0.3 is 5.69 Å². The Morgan fingerprint density at radius 1 is 1.29 bits per heavy atom. The second kappa shape index (κ2) is 4.57. The molecule has 88 valence electrons. The third-order valence-electron chi connectivity index (χ3n) is 2.08. The molecule has 0 N–H and O–H groups in total. The van der Waals surface area contributed by atoms with Crippen LogP contribution in [0.25, 0.3) is 10.9 Å². The molecule has 0 saturated carbocycles. The molecule has 0 atom stereocenters. The first kappa shape index (κ1) is 12.8. The number of pyridine rings is 1. The van der Waals surface area contributed by atoms with Crippen molar-refractivity contribution in [1.29, 1.82) is 0 Å². The van der Waals surface area contributed by atoms with E-state index in [2.05, 4.69) is 20.9 Å². The largest absolute Gasteiger partial charge is 0.325 e. The van der Waals surface area contributed by atoms with Gasteiger partial charge in [0, 0.05) is 9.86 Å². The molecule has 0 spiro atoms. The third kappa shape index (κ3) is 2.20. The van der Waals surface area contributed by atoms with E-state index in [1.165, 1.54) is 6.07 Å². The van der Waals surface area contributed by atoms with Gasteiger partial charge in [-0.3, -0.25) is 10.1 Å². The lowest BCUT2D eigenvalue weighted by molar-refractivity contribution is -0.384. The smallest absolute Gasteiger partial charge is 0.258 e. The van der Waals surface area contributed by atoms with Crippen LogP contribution in [0.15, 0.2) is 16.6 Å². The molecule has 4 nitrogen and oxygen atoms in total. The van der Waals surface area contributed by atoms with Crippen LogP contribution in [0.1, 0.15) is 0 Å². The van der Waals surface area contributed by atoms with Gasteiger partial charge in [0.1, 0.15) is 5.02 Å². The summed E-state index contributed by atoms with van der Waals surface area (Å²) in [5.41, 5.74) is 0.0149. The molecule has 17 heavy (non-hydrogen) atoms. The highest BCUT2D eigenvalue weighted by Gasteiger charge is 2.22. The Hall–Kier alpha value is -0.620. The second-order valence-electron chi connectivity index (χ2n) is 3.11. The van der Waals surface area contributed by atoms with Crippen molar-refractivity contribution in [3.05, 3.63) is 41.9 Å². The Labute approximate surface area is 119 Å². The van der Waals surface area contributed by atoms with E-state index in [1.54, 1.807) is 6.07 Å². The Morgan fingerprint density at radius 3 is 2.53 bits per heavy atom. The molecule has 1 heterocycles. The molecule has 0 amide bonds. The van der Waals surface area contributed by atoms with Crippen LogP contribution in [0.5, 0.6) is 0 Å². The summed E-state index contributed by atoms with van der Waals surface area (Å²) in [6.07, 6.45) is 0. The first-order valence-electron chi connectivity index (χ1n) is 4.20. The predicted molar refractivity (Wildman–Crippen MR) is 71.1 cm³/mol. The molecular weight excluding hydrogens is 354 g/mol. The summed E-state index contributed by atoms with van der Waals surface area (Å²) in [6, 6.07) is 3.10. The van der Waals surface area contributed by atoms with E-state index >= 15 is 0 Å². The van der Waals surface area contributed by atoms with Gasteiger partial charge in [-0.25, -0.2) is 4.98 Å². The van der Waals surface area contributed by atoms with Crippen molar-refractivity contribution in [2.24, 2.45) is 0 Å². The molecule has 0 bridgehead atoms. The summed E-state index contributed by atoms with van der Waals surface area (Å²) >= 11 is 20.8. The van der Waals surface area contributed by atoms with Crippen molar-refractivity contribution >= 4 is 67.3 Å². The number of benzene rings is 1. The summed E-state index contributed by atoms with van der Waals surface area (Å²) in [6.45, 7) is 0. The first-order valence-corrected chi connectivity index (χ1v) is 6.12. The van der Waals surface area contributed by atoms with Gasteiger partial charge in [0.25, 0.3) is 0 Å². The van der Waals surface area contributed by atoms with E-state index in [0.29, 0.717) is 20.4 Å². The summed E-state index contributed by atoms with van der Waals surface area (Å²) in [7, 11) is 0. The van der Waals surface area contributed by atoms with Crippen LogP contribution in [0, 0.1) is 10.1 Å². The third-order valence-corrected chi connectivity index (χ3v) is 3.92. The zero-order valence-electron chi connectivity index (χ0n) is 7.88. The van der Waals surface area contributed by atoms with E-state index in [0.717, 1.165) is 0 Å². The van der Waals surface area contributed by atoms with Gasteiger partial charge in [-0.05, 0) is 28.1 Å².